The number of ether oxygens (including phenoxy) is 1. The van der Waals surface area contributed by atoms with Gasteiger partial charge in [-0.05, 0) is 24.3 Å². The van der Waals surface area contributed by atoms with Crippen molar-refractivity contribution in [2.24, 2.45) is 0 Å². The van der Waals surface area contributed by atoms with Gasteiger partial charge in [-0.25, -0.2) is 0 Å². The number of aliphatic hydroxyl groups excluding tert-OH is 1. The maximum atomic E-state index is 12.8. The average molecular weight is 403 g/mol. The van der Waals surface area contributed by atoms with Crippen LogP contribution in [0, 0.1) is 0 Å². The second-order valence-corrected chi connectivity index (χ2v) is 6.46. The quantitative estimate of drug-likeness (QED) is 0.530. The average Bonchev–Trinajstić information content (AvgIpc) is 2.64. The molecule has 0 aliphatic carbocycles. The van der Waals surface area contributed by atoms with Gasteiger partial charge in [0.15, 0.2) is 6.10 Å². The van der Waals surface area contributed by atoms with Gasteiger partial charge in [-0.3, -0.25) is 24.5 Å². The van der Waals surface area contributed by atoms with Crippen LogP contribution in [0.15, 0.2) is 42.5 Å². The Kier molecular flexibility index (Phi) is 5.43. The Morgan fingerprint density at radius 2 is 1.93 bits per heavy atom. The molecule has 28 heavy (non-hydrogen) atoms. The summed E-state index contributed by atoms with van der Waals surface area (Å²) in [6, 6.07) is 10.6. The first-order valence-electron chi connectivity index (χ1n) is 8.17. The third-order valence-corrected chi connectivity index (χ3v) is 4.28. The van der Waals surface area contributed by atoms with E-state index in [-0.39, 0.29) is 16.8 Å². The molecule has 1 aliphatic heterocycles. The number of benzene rings is 2. The molecule has 1 heterocycles. The molecule has 0 aromatic heterocycles. The van der Waals surface area contributed by atoms with E-state index in [0.717, 1.165) is 6.92 Å². The first-order valence-corrected chi connectivity index (χ1v) is 8.55. The number of rotatable bonds is 4. The van der Waals surface area contributed by atoms with E-state index in [1.807, 2.05) is 5.32 Å². The number of hydrogen-bond acceptors (Lipinski definition) is 6. The lowest BCUT2D eigenvalue weighted by Gasteiger charge is -2.24. The fourth-order valence-electron chi connectivity index (χ4n) is 2.85. The molecule has 0 bridgehead atoms. The van der Waals surface area contributed by atoms with E-state index < -0.39 is 35.9 Å². The van der Waals surface area contributed by atoms with Crippen LogP contribution in [-0.4, -0.2) is 28.8 Å². The molecule has 144 valence electrons. The normalized spacial score (nSPS) is 16.6. The molecule has 3 amide bonds. The fourth-order valence-corrected chi connectivity index (χ4v) is 3.05. The lowest BCUT2D eigenvalue weighted by atomic mass is 9.95. The minimum atomic E-state index is -1.64. The Labute approximate surface area is 164 Å². The molecule has 0 radical (unpaired) electrons. The molecule has 9 heteroatoms. The Morgan fingerprint density at radius 3 is 2.61 bits per heavy atom. The van der Waals surface area contributed by atoms with Crippen LogP contribution in [0.5, 0.6) is 0 Å². The van der Waals surface area contributed by atoms with Crippen molar-refractivity contribution in [3.8, 4) is 0 Å². The zero-order chi connectivity index (χ0) is 20.4. The molecule has 2 aromatic rings. The van der Waals surface area contributed by atoms with Crippen molar-refractivity contribution in [2.45, 2.75) is 19.1 Å². The van der Waals surface area contributed by atoms with E-state index in [4.69, 9.17) is 16.3 Å². The second kappa shape index (κ2) is 7.79. The summed E-state index contributed by atoms with van der Waals surface area (Å²) < 4.78 is 5.12. The van der Waals surface area contributed by atoms with Gasteiger partial charge in [0.1, 0.15) is 0 Å². The number of nitrogens with one attached hydrogen (secondary N) is 2. The van der Waals surface area contributed by atoms with Crippen LogP contribution < -0.4 is 10.6 Å². The van der Waals surface area contributed by atoms with Crippen LogP contribution in [0.25, 0.3) is 0 Å². The number of anilines is 1. The van der Waals surface area contributed by atoms with Gasteiger partial charge in [0.05, 0.1) is 0 Å². The summed E-state index contributed by atoms with van der Waals surface area (Å²) in [6.07, 6.45) is -2.96. The maximum absolute atomic E-state index is 12.8. The molecule has 2 atom stereocenters. The van der Waals surface area contributed by atoms with Gasteiger partial charge in [0.2, 0.25) is 6.10 Å². The van der Waals surface area contributed by atoms with Gasteiger partial charge >= 0.3 is 5.97 Å². The van der Waals surface area contributed by atoms with E-state index >= 15 is 0 Å². The standard InChI is InChI=1S/C19H15ClN2O6/c1-9(23)28-16(10-4-2-5-11(20)8-10)19(27)21-13-7-3-6-12-14(13)15(24)18(26)22-17(12)25/h2-8,15-16,24H,1H3,(H,21,27)(H,22,25,26)/t15?,16-/m0/s1. The van der Waals surface area contributed by atoms with E-state index in [0.29, 0.717) is 10.6 Å². The van der Waals surface area contributed by atoms with Crippen molar-refractivity contribution in [1.82, 2.24) is 5.32 Å². The van der Waals surface area contributed by atoms with Crippen molar-refractivity contribution in [2.75, 3.05) is 5.32 Å². The van der Waals surface area contributed by atoms with Gasteiger partial charge in [-0.15, -0.1) is 0 Å². The molecule has 8 nitrogen and oxygen atoms in total. The fraction of sp³-hybridized carbons (Fsp3) is 0.158. The molecule has 2 aromatic carbocycles. The van der Waals surface area contributed by atoms with Crippen LogP contribution in [0.3, 0.4) is 0 Å². The van der Waals surface area contributed by atoms with E-state index in [1.165, 1.54) is 24.3 Å². The Balaban J connectivity index is 1.97. The molecule has 3 N–H and O–H groups in total. The van der Waals surface area contributed by atoms with E-state index in [2.05, 4.69) is 5.32 Å². The van der Waals surface area contributed by atoms with Crippen molar-refractivity contribution in [3.63, 3.8) is 0 Å². The van der Waals surface area contributed by atoms with Crippen LogP contribution in [0.2, 0.25) is 5.02 Å². The lowest BCUT2D eigenvalue weighted by Crippen LogP contribution is -2.41. The zero-order valence-corrected chi connectivity index (χ0v) is 15.3. The van der Waals surface area contributed by atoms with Crippen molar-refractivity contribution < 1.29 is 29.0 Å². The highest BCUT2D eigenvalue weighted by Gasteiger charge is 2.34. The minimum Gasteiger partial charge on any atom is -0.447 e. The predicted molar refractivity (Wildman–Crippen MR) is 98.5 cm³/mol. The highest BCUT2D eigenvalue weighted by molar-refractivity contribution is 6.30. The van der Waals surface area contributed by atoms with Gasteiger partial charge in [0, 0.05) is 34.3 Å². The Hall–Kier alpha value is -3.23. The number of carbonyl (C=O) groups is 4. The molecule has 1 aliphatic rings. The largest absolute Gasteiger partial charge is 0.447 e. The molecule has 0 saturated carbocycles. The van der Waals surface area contributed by atoms with E-state index in [9.17, 15) is 24.3 Å². The third-order valence-electron chi connectivity index (χ3n) is 4.04. The molecule has 3 rings (SSSR count). The third kappa shape index (κ3) is 3.88. The lowest BCUT2D eigenvalue weighted by molar-refractivity contribution is -0.152. The molecule has 0 spiro atoms. The van der Waals surface area contributed by atoms with E-state index in [1.54, 1.807) is 18.2 Å². The van der Waals surface area contributed by atoms with Gasteiger partial charge in [-0.1, -0.05) is 29.8 Å². The predicted octanol–water partition coefficient (Wildman–Crippen LogP) is 1.89. The molecular formula is C19H15ClN2O6. The highest BCUT2D eigenvalue weighted by atomic mass is 35.5. The number of amides is 3. The number of hydrogen-bond donors (Lipinski definition) is 3. The van der Waals surface area contributed by atoms with Crippen LogP contribution in [-0.2, 0) is 19.1 Å². The number of esters is 1. The van der Waals surface area contributed by atoms with Crippen LogP contribution in [0.1, 0.15) is 40.6 Å². The summed E-state index contributed by atoms with van der Waals surface area (Å²) in [5.41, 5.74) is 0.408. The van der Waals surface area contributed by atoms with Crippen molar-refractivity contribution in [1.29, 1.82) is 0 Å². The summed E-state index contributed by atoms with van der Waals surface area (Å²) in [6.45, 7) is 1.15. The maximum Gasteiger partial charge on any atom is 0.303 e. The first kappa shape index (κ1) is 19.5. The summed E-state index contributed by atoms with van der Waals surface area (Å²) in [7, 11) is 0. The van der Waals surface area contributed by atoms with Gasteiger partial charge < -0.3 is 15.2 Å². The topological polar surface area (TPSA) is 122 Å². The zero-order valence-electron chi connectivity index (χ0n) is 14.6. The van der Waals surface area contributed by atoms with Gasteiger partial charge in [-0.2, -0.15) is 0 Å². The molecule has 1 unspecified atom stereocenters. The number of imide groups is 1. The Bertz CT molecular complexity index is 990. The number of carbonyl (C=O) groups excluding carboxylic acids is 4. The van der Waals surface area contributed by atoms with Crippen LogP contribution in [0.4, 0.5) is 5.69 Å². The van der Waals surface area contributed by atoms with Gasteiger partial charge in [0.25, 0.3) is 17.7 Å². The first-order chi connectivity index (χ1) is 13.3. The Morgan fingerprint density at radius 1 is 1.21 bits per heavy atom. The molecular weight excluding hydrogens is 388 g/mol. The molecule has 0 saturated heterocycles. The monoisotopic (exact) mass is 402 g/mol. The SMILES string of the molecule is CC(=O)O[C@H](C(=O)Nc1cccc2c1C(O)C(=O)NC2=O)c1cccc(Cl)c1. The van der Waals surface area contributed by atoms with Crippen LogP contribution >= 0.6 is 11.6 Å². The number of fused-ring (bicyclic) bond motifs is 1. The summed E-state index contributed by atoms with van der Waals surface area (Å²) in [5, 5.41) is 15.0. The van der Waals surface area contributed by atoms with Crippen molar-refractivity contribution in [3.05, 3.63) is 64.2 Å². The van der Waals surface area contributed by atoms with Crippen molar-refractivity contribution >= 4 is 41.0 Å². The summed E-state index contributed by atoms with van der Waals surface area (Å²) in [5.74, 6) is -3.01. The minimum absolute atomic E-state index is 0.0303. The summed E-state index contributed by atoms with van der Waals surface area (Å²) >= 11 is 5.95. The number of halogens is 1. The smallest absolute Gasteiger partial charge is 0.303 e. The summed E-state index contributed by atoms with van der Waals surface area (Å²) in [4.78, 5) is 48.0. The second-order valence-electron chi connectivity index (χ2n) is 6.02. The highest BCUT2D eigenvalue weighted by Crippen LogP contribution is 2.31. The molecule has 0 fully saturated rings. The number of aliphatic hydroxyl groups is 1.